The number of aryl methyl sites for hydroxylation is 2. The van der Waals surface area contributed by atoms with Crippen LogP contribution >= 0.6 is 0 Å². The number of tetrazole rings is 1. The second kappa shape index (κ2) is 5.93. The van der Waals surface area contributed by atoms with Crippen molar-refractivity contribution in [2.24, 2.45) is 0 Å². The molecule has 7 nitrogen and oxygen atoms in total. The summed E-state index contributed by atoms with van der Waals surface area (Å²) in [5.74, 6) is 2.43. The zero-order valence-corrected chi connectivity index (χ0v) is 12.6. The van der Waals surface area contributed by atoms with Gasteiger partial charge in [0.15, 0.2) is 5.82 Å². The number of rotatable bonds is 5. The molecule has 1 saturated heterocycles. The van der Waals surface area contributed by atoms with Gasteiger partial charge in [0, 0.05) is 37.9 Å². The number of hydrogen-bond donors (Lipinski definition) is 1. The summed E-state index contributed by atoms with van der Waals surface area (Å²) < 4.78 is 8.06. The molecule has 1 fully saturated rings. The van der Waals surface area contributed by atoms with E-state index in [0.29, 0.717) is 5.92 Å². The summed E-state index contributed by atoms with van der Waals surface area (Å²) in [7, 11) is 0. The van der Waals surface area contributed by atoms with Crippen LogP contribution in [-0.2, 0) is 17.7 Å². The number of ether oxygens (including phenoxy) is 1. The quantitative estimate of drug-likeness (QED) is 0.906. The number of H-pyrrole nitrogens is 1. The molecule has 0 amide bonds. The summed E-state index contributed by atoms with van der Waals surface area (Å²) in [6, 6.07) is 0. The topological polar surface area (TPSA) is 81.5 Å². The highest BCUT2D eigenvalue weighted by atomic mass is 16.5. The second-order valence-corrected chi connectivity index (χ2v) is 6.21. The van der Waals surface area contributed by atoms with Gasteiger partial charge in [0.25, 0.3) is 0 Å². The van der Waals surface area contributed by atoms with Gasteiger partial charge in [-0.3, -0.25) is 0 Å². The first-order chi connectivity index (χ1) is 10.1. The SMILES string of the molecule is CC1(C)C[C@H](c2nccn2CCCc2nn[nH]n2)CCO1. The molecule has 3 heterocycles. The first kappa shape index (κ1) is 14.2. The van der Waals surface area contributed by atoms with Crippen molar-refractivity contribution in [3.63, 3.8) is 0 Å². The number of nitrogens with zero attached hydrogens (tertiary/aromatic N) is 5. The first-order valence-electron chi connectivity index (χ1n) is 7.51. The van der Waals surface area contributed by atoms with E-state index in [1.165, 1.54) is 5.82 Å². The average Bonchev–Trinajstić information content (AvgIpc) is 3.08. The summed E-state index contributed by atoms with van der Waals surface area (Å²) in [5.41, 5.74) is -0.0513. The van der Waals surface area contributed by atoms with Crippen molar-refractivity contribution in [2.75, 3.05) is 6.61 Å². The molecule has 7 heteroatoms. The summed E-state index contributed by atoms with van der Waals surface area (Å²) >= 11 is 0. The number of aromatic amines is 1. The highest BCUT2D eigenvalue weighted by molar-refractivity contribution is 5.04. The van der Waals surface area contributed by atoms with Crippen LogP contribution in [-0.4, -0.2) is 42.4 Å². The lowest BCUT2D eigenvalue weighted by molar-refractivity contribution is -0.0606. The van der Waals surface area contributed by atoms with Gasteiger partial charge in [0.2, 0.25) is 0 Å². The largest absolute Gasteiger partial charge is 0.376 e. The van der Waals surface area contributed by atoms with Gasteiger partial charge in [0.1, 0.15) is 5.82 Å². The van der Waals surface area contributed by atoms with Crippen LogP contribution in [0.15, 0.2) is 12.4 Å². The van der Waals surface area contributed by atoms with Crippen LogP contribution in [0.3, 0.4) is 0 Å². The maximum absolute atomic E-state index is 5.80. The number of nitrogens with one attached hydrogen (secondary N) is 1. The number of aromatic nitrogens is 6. The Bertz CT molecular complexity index is 562. The minimum absolute atomic E-state index is 0.0513. The van der Waals surface area contributed by atoms with E-state index < -0.39 is 0 Å². The molecule has 0 unspecified atom stereocenters. The standard InChI is InChI=1S/C14H22N6O/c1-14(2)10-11(5-9-21-14)13-15-6-8-20(13)7-3-4-12-16-18-19-17-12/h6,8,11H,3-5,7,9-10H2,1-2H3,(H,16,17,18,19)/t11-/m1/s1. The molecule has 2 aromatic heterocycles. The van der Waals surface area contributed by atoms with Crippen LogP contribution in [0.4, 0.5) is 0 Å². The number of hydrogen-bond acceptors (Lipinski definition) is 5. The van der Waals surface area contributed by atoms with Crippen LogP contribution in [0, 0.1) is 0 Å². The third-order valence-electron chi connectivity index (χ3n) is 4.00. The van der Waals surface area contributed by atoms with E-state index >= 15 is 0 Å². The molecular formula is C14H22N6O. The fourth-order valence-corrected chi connectivity index (χ4v) is 3.02. The van der Waals surface area contributed by atoms with Gasteiger partial charge in [-0.25, -0.2) is 4.98 Å². The molecular weight excluding hydrogens is 268 g/mol. The Hall–Kier alpha value is -1.76. The molecule has 0 saturated carbocycles. The van der Waals surface area contributed by atoms with Crippen molar-refractivity contribution in [2.45, 2.75) is 57.6 Å². The van der Waals surface area contributed by atoms with Crippen LogP contribution in [0.25, 0.3) is 0 Å². The Labute approximate surface area is 124 Å². The summed E-state index contributed by atoms with van der Waals surface area (Å²) in [5, 5.41) is 14.0. The van der Waals surface area contributed by atoms with Crippen LogP contribution in [0.2, 0.25) is 0 Å². The zero-order valence-electron chi connectivity index (χ0n) is 12.6. The Morgan fingerprint density at radius 3 is 3.14 bits per heavy atom. The lowest BCUT2D eigenvalue weighted by Crippen LogP contribution is -2.34. The summed E-state index contributed by atoms with van der Waals surface area (Å²) in [6.07, 6.45) is 7.84. The fraction of sp³-hybridized carbons (Fsp3) is 0.714. The van der Waals surface area contributed by atoms with Gasteiger partial charge in [-0.15, -0.1) is 10.2 Å². The monoisotopic (exact) mass is 290 g/mol. The maximum Gasteiger partial charge on any atom is 0.174 e. The van der Waals surface area contributed by atoms with Crippen LogP contribution in [0.1, 0.15) is 50.7 Å². The van der Waals surface area contributed by atoms with Gasteiger partial charge < -0.3 is 9.30 Å². The van der Waals surface area contributed by atoms with E-state index in [1.807, 2.05) is 6.20 Å². The molecule has 114 valence electrons. The first-order valence-corrected chi connectivity index (χ1v) is 7.51. The van der Waals surface area contributed by atoms with Gasteiger partial charge >= 0.3 is 0 Å². The molecule has 0 aliphatic carbocycles. The van der Waals surface area contributed by atoms with Gasteiger partial charge in [-0.05, 0) is 33.1 Å². The Morgan fingerprint density at radius 2 is 2.38 bits per heavy atom. The molecule has 1 aliphatic rings. The lowest BCUT2D eigenvalue weighted by atomic mass is 9.88. The Morgan fingerprint density at radius 1 is 1.48 bits per heavy atom. The molecule has 0 spiro atoms. The average molecular weight is 290 g/mol. The lowest BCUT2D eigenvalue weighted by Gasteiger charge is -2.35. The number of imidazole rings is 1. The van der Waals surface area contributed by atoms with Crippen molar-refractivity contribution < 1.29 is 4.74 Å². The highest BCUT2D eigenvalue weighted by Crippen LogP contribution is 2.34. The van der Waals surface area contributed by atoms with Crippen LogP contribution < -0.4 is 0 Å². The molecule has 0 bridgehead atoms. The normalized spacial score (nSPS) is 21.5. The minimum atomic E-state index is -0.0513. The van der Waals surface area contributed by atoms with Crippen molar-refractivity contribution in [3.05, 3.63) is 24.0 Å². The summed E-state index contributed by atoms with van der Waals surface area (Å²) in [4.78, 5) is 4.58. The van der Waals surface area contributed by atoms with Crippen molar-refractivity contribution >= 4 is 0 Å². The maximum atomic E-state index is 5.80. The van der Waals surface area contributed by atoms with Gasteiger partial charge in [0.05, 0.1) is 5.60 Å². The predicted molar refractivity (Wildman–Crippen MR) is 76.7 cm³/mol. The predicted octanol–water partition coefficient (Wildman–Crippen LogP) is 1.70. The van der Waals surface area contributed by atoms with Gasteiger partial charge in [-0.1, -0.05) is 5.21 Å². The van der Waals surface area contributed by atoms with Gasteiger partial charge in [-0.2, -0.15) is 5.21 Å². The Balaban J connectivity index is 1.61. The van der Waals surface area contributed by atoms with E-state index in [-0.39, 0.29) is 5.60 Å². The molecule has 1 N–H and O–H groups in total. The second-order valence-electron chi connectivity index (χ2n) is 6.21. The van der Waals surface area contributed by atoms with Crippen molar-refractivity contribution in [3.8, 4) is 0 Å². The minimum Gasteiger partial charge on any atom is -0.376 e. The zero-order chi connectivity index (χ0) is 14.7. The Kier molecular flexibility index (Phi) is 4.01. The molecule has 21 heavy (non-hydrogen) atoms. The van der Waals surface area contributed by atoms with E-state index in [4.69, 9.17) is 4.74 Å². The van der Waals surface area contributed by atoms with Crippen LogP contribution in [0.5, 0.6) is 0 Å². The van der Waals surface area contributed by atoms with E-state index in [9.17, 15) is 0 Å². The smallest absolute Gasteiger partial charge is 0.174 e. The molecule has 3 rings (SSSR count). The van der Waals surface area contributed by atoms with Crippen molar-refractivity contribution in [1.82, 2.24) is 30.2 Å². The summed E-state index contributed by atoms with van der Waals surface area (Å²) in [6.45, 7) is 6.06. The molecule has 1 aliphatic heterocycles. The fourth-order valence-electron chi connectivity index (χ4n) is 3.02. The molecule has 0 radical (unpaired) electrons. The highest BCUT2D eigenvalue weighted by Gasteiger charge is 2.31. The van der Waals surface area contributed by atoms with E-state index in [2.05, 4.69) is 50.2 Å². The molecule has 0 aromatic carbocycles. The molecule has 2 aromatic rings. The third kappa shape index (κ3) is 3.47. The van der Waals surface area contributed by atoms with E-state index in [0.717, 1.165) is 44.7 Å². The third-order valence-corrected chi connectivity index (χ3v) is 4.00. The molecule has 1 atom stereocenters. The van der Waals surface area contributed by atoms with E-state index in [1.54, 1.807) is 0 Å². The van der Waals surface area contributed by atoms with Crippen molar-refractivity contribution in [1.29, 1.82) is 0 Å².